The van der Waals surface area contributed by atoms with E-state index in [1.165, 1.54) is 12.1 Å². The molecule has 0 bridgehead atoms. The van der Waals surface area contributed by atoms with Crippen molar-refractivity contribution in [3.63, 3.8) is 0 Å². The third-order valence-corrected chi connectivity index (χ3v) is 3.45. The molecule has 0 radical (unpaired) electrons. The van der Waals surface area contributed by atoms with E-state index in [0.29, 0.717) is 4.83 Å². The molecule has 0 N–H and O–H groups in total. The standard InChI is InChI=1S/C12H15BrF2/c1-2-10(13)5-3-4-9-6-11(14)8-12(15)7-9/h6-8,10H,2-5H2,1H3. The molecule has 1 atom stereocenters. The quantitative estimate of drug-likeness (QED) is 0.697. The number of halogens is 3. The second-order valence-corrected chi connectivity index (χ2v) is 4.97. The van der Waals surface area contributed by atoms with Gasteiger partial charge in [0.15, 0.2) is 0 Å². The van der Waals surface area contributed by atoms with Crippen LogP contribution in [0.2, 0.25) is 0 Å². The van der Waals surface area contributed by atoms with Crippen molar-refractivity contribution in [3.05, 3.63) is 35.4 Å². The molecule has 0 saturated heterocycles. The highest BCUT2D eigenvalue weighted by Gasteiger charge is 2.03. The van der Waals surface area contributed by atoms with Crippen LogP contribution in [0.4, 0.5) is 8.78 Å². The molecule has 0 amide bonds. The highest BCUT2D eigenvalue weighted by Crippen LogP contribution is 2.15. The summed E-state index contributed by atoms with van der Waals surface area (Å²) in [6, 6.07) is 3.71. The van der Waals surface area contributed by atoms with Crippen LogP contribution in [0.1, 0.15) is 31.7 Å². The molecule has 0 heterocycles. The predicted octanol–water partition coefficient (Wildman–Crippen LogP) is 4.46. The van der Waals surface area contributed by atoms with E-state index >= 15 is 0 Å². The first-order valence-corrected chi connectivity index (χ1v) is 6.12. The molecule has 84 valence electrons. The molecule has 1 rings (SSSR count). The predicted molar refractivity (Wildman–Crippen MR) is 62.3 cm³/mol. The zero-order chi connectivity index (χ0) is 11.3. The van der Waals surface area contributed by atoms with Crippen molar-refractivity contribution >= 4 is 15.9 Å². The number of hydrogen-bond donors (Lipinski definition) is 0. The second-order valence-electron chi connectivity index (χ2n) is 3.68. The molecule has 0 fully saturated rings. The third-order valence-electron chi connectivity index (χ3n) is 2.35. The van der Waals surface area contributed by atoms with Gasteiger partial charge >= 0.3 is 0 Å². The Morgan fingerprint density at radius 2 is 1.80 bits per heavy atom. The first-order valence-electron chi connectivity index (χ1n) is 5.21. The van der Waals surface area contributed by atoms with E-state index in [-0.39, 0.29) is 0 Å². The van der Waals surface area contributed by atoms with Gasteiger partial charge in [-0.1, -0.05) is 22.9 Å². The Kier molecular flexibility index (Phi) is 5.23. The van der Waals surface area contributed by atoms with E-state index in [1.54, 1.807) is 0 Å². The summed E-state index contributed by atoms with van der Waals surface area (Å²) >= 11 is 3.53. The van der Waals surface area contributed by atoms with Gasteiger partial charge in [0.05, 0.1) is 0 Å². The van der Waals surface area contributed by atoms with Gasteiger partial charge in [-0.2, -0.15) is 0 Å². The summed E-state index contributed by atoms with van der Waals surface area (Å²) in [6.07, 6.45) is 3.80. The summed E-state index contributed by atoms with van der Waals surface area (Å²) in [4.78, 5) is 0.510. The van der Waals surface area contributed by atoms with Gasteiger partial charge in [0.2, 0.25) is 0 Å². The van der Waals surface area contributed by atoms with Crippen molar-refractivity contribution in [2.75, 3.05) is 0 Å². The topological polar surface area (TPSA) is 0 Å². The Morgan fingerprint density at radius 1 is 1.20 bits per heavy atom. The van der Waals surface area contributed by atoms with Crippen molar-refractivity contribution in [3.8, 4) is 0 Å². The highest BCUT2D eigenvalue weighted by molar-refractivity contribution is 9.09. The molecular weight excluding hydrogens is 262 g/mol. The maximum Gasteiger partial charge on any atom is 0.126 e. The summed E-state index contributed by atoms with van der Waals surface area (Å²) in [7, 11) is 0. The van der Waals surface area contributed by atoms with Crippen LogP contribution in [-0.2, 0) is 6.42 Å². The molecule has 3 heteroatoms. The van der Waals surface area contributed by atoms with Gasteiger partial charge in [-0.05, 0) is 43.4 Å². The summed E-state index contributed by atoms with van der Waals surface area (Å²) in [6.45, 7) is 2.11. The maximum atomic E-state index is 12.8. The zero-order valence-corrected chi connectivity index (χ0v) is 10.4. The lowest BCUT2D eigenvalue weighted by molar-refractivity contribution is 0.577. The monoisotopic (exact) mass is 276 g/mol. The van der Waals surface area contributed by atoms with Gasteiger partial charge in [-0.3, -0.25) is 0 Å². The highest BCUT2D eigenvalue weighted by atomic mass is 79.9. The van der Waals surface area contributed by atoms with Crippen molar-refractivity contribution < 1.29 is 8.78 Å². The van der Waals surface area contributed by atoms with Crippen molar-refractivity contribution in [2.45, 2.75) is 37.4 Å². The Balaban J connectivity index is 2.43. The number of alkyl halides is 1. The first kappa shape index (κ1) is 12.6. The smallest absolute Gasteiger partial charge is 0.126 e. The van der Waals surface area contributed by atoms with Gasteiger partial charge in [-0.25, -0.2) is 8.78 Å². The number of hydrogen-bond acceptors (Lipinski definition) is 0. The summed E-state index contributed by atoms with van der Waals surface area (Å²) in [5, 5.41) is 0. The van der Waals surface area contributed by atoms with Crippen molar-refractivity contribution in [1.29, 1.82) is 0 Å². The van der Waals surface area contributed by atoms with Gasteiger partial charge in [0.25, 0.3) is 0 Å². The van der Waals surface area contributed by atoms with E-state index in [2.05, 4.69) is 22.9 Å². The minimum Gasteiger partial charge on any atom is -0.207 e. The second kappa shape index (κ2) is 6.21. The Morgan fingerprint density at radius 3 is 2.33 bits per heavy atom. The summed E-state index contributed by atoms with van der Waals surface area (Å²) in [5.41, 5.74) is 0.739. The zero-order valence-electron chi connectivity index (χ0n) is 8.77. The molecule has 0 aliphatic rings. The normalized spacial score (nSPS) is 12.8. The van der Waals surface area contributed by atoms with Crippen LogP contribution in [0.25, 0.3) is 0 Å². The molecular formula is C12H15BrF2. The number of rotatable bonds is 5. The molecule has 0 saturated carbocycles. The number of benzene rings is 1. The molecule has 1 aromatic carbocycles. The Labute approximate surface area is 97.8 Å². The molecule has 1 unspecified atom stereocenters. The average molecular weight is 277 g/mol. The van der Waals surface area contributed by atoms with Gasteiger partial charge in [-0.15, -0.1) is 0 Å². The van der Waals surface area contributed by atoms with E-state index in [0.717, 1.165) is 37.3 Å². The van der Waals surface area contributed by atoms with Crippen LogP contribution in [0.5, 0.6) is 0 Å². The third kappa shape index (κ3) is 4.74. The minimum absolute atomic E-state index is 0.490. The lowest BCUT2D eigenvalue weighted by atomic mass is 10.1. The molecule has 0 aromatic heterocycles. The molecule has 1 aromatic rings. The van der Waals surface area contributed by atoms with E-state index in [4.69, 9.17) is 0 Å². The molecule has 0 nitrogen and oxygen atoms in total. The minimum atomic E-state index is -0.490. The van der Waals surface area contributed by atoms with E-state index < -0.39 is 11.6 Å². The van der Waals surface area contributed by atoms with Crippen LogP contribution in [0, 0.1) is 11.6 Å². The molecule has 0 aliphatic carbocycles. The fraction of sp³-hybridized carbons (Fsp3) is 0.500. The van der Waals surface area contributed by atoms with Crippen LogP contribution in [-0.4, -0.2) is 4.83 Å². The van der Waals surface area contributed by atoms with Crippen LogP contribution < -0.4 is 0 Å². The maximum absolute atomic E-state index is 12.8. The van der Waals surface area contributed by atoms with E-state index in [9.17, 15) is 8.78 Å². The fourth-order valence-electron chi connectivity index (χ4n) is 1.49. The summed E-state index contributed by atoms with van der Waals surface area (Å²) < 4.78 is 25.7. The largest absolute Gasteiger partial charge is 0.207 e. The molecule has 0 spiro atoms. The van der Waals surface area contributed by atoms with Crippen LogP contribution in [0.15, 0.2) is 18.2 Å². The van der Waals surface area contributed by atoms with Crippen molar-refractivity contribution in [1.82, 2.24) is 0 Å². The van der Waals surface area contributed by atoms with E-state index in [1.807, 2.05) is 0 Å². The van der Waals surface area contributed by atoms with Crippen LogP contribution >= 0.6 is 15.9 Å². The van der Waals surface area contributed by atoms with Gasteiger partial charge in [0.1, 0.15) is 11.6 Å². The molecule has 15 heavy (non-hydrogen) atoms. The SMILES string of the molecule is CCC(Br)CCCc1cc(F)cc(F)c1. The average Bonchev–Trinajstić information content (AvgIpc) is 2.16. The van der Waals surface area contributed by atoms with Gasteiger partial charge in [0, 0.05) is 10.9 Å². The van der Waals surface area contributed by atoms with Crippen molar-refractivity contribution in [2.24, 2.45) is 0 Å². The first-order chi connectivity index (χ1) is 7.11. The Hall–Kier alpha value is -0.440. The summed E-state index contributed by atoms with van der Waals surface area (Å²) in [5.74, 6) is -0.980. The molecule has 0 aliphatic heterocycles. The van der Waals surface area contributed by atoms with Crippen LogP contribution in [0.3, 0.4) is 0 Å². The Bertz CT molecular complexity index is 292. The fourth-order valence-corrected chi connectivity index (χ4v) is 1.81. The lowest BCUT2D eigenvalue weighted by Gasteiger charge is -2.06. The number of aryl methyl sites for hydroxylation is 1. The van der Waals surface area contributed by atoms with Gasteiger partial charge < -0.3 is 0 Å². The lowest BCUT2D eigenvalue weighted by Crippen LogP contribution is -1.97.